The summed E-state index contributed by atoms with van der Waals surface area (Å²) in [4.78, 5) is 15.2. The molecule has 0 aliphatic heterocycles. The van der Waals surface area contributed by atoms with Gasteiger partial charge in [0.05, 0.1) is 0 Å². The second-order valence-electron chi connectivity index (χ2n) is 12.7. The van der Waals surface area contributed by atoms with Crippen LogP contribution in [0.25, 0.3) is 0 Å². The number of esters is 1. The fraction of sp³-hybridized carbons (Fsp3) is 0.821. The van der Waals surface area contributed by atoms with Crippen molar-refractivity contribution in [3.8, 4) is 0 Å². The smallest absolute Gasteiger partial charge is 0.306 e. The maximum absolute atomic E-state index is 13.0. The average Bonchev–Trinajstić information content (AvgIpc) is 2.97. The van der Waals surface area contributed by atoms with E-state index in [1.165, 1.54) is 89.9 Å². The first kappa shape index (κ1) is 40.6. The first-order valence-corrected chi connectivity index (χ1v) is 18.3. The quantitative estimate of drug-likeness (QED) is 0.0459. The van der Waals surface area contributed by atoms with Crippen molar-refractivity contribution in [2.24, 2.45) is 5.92 Å². The van der Waals surface area contributed by atoms with Crippen LogP contribution in [-0.2, 0) is 9.53 Å². The van der Waals surface area contributed by atoms with Gasteiger partial charge in [0, 0.05) is 6.42 Å². The molecule has 0 heterocycles. The zero-order valence-electron chi connectivity index (χ0n) is 29.1. The Bertz CT molecular complexity index is 625. The molecule has 0 spiro atoms. The number of hydrogen-bond acceptors (Lipinski definition) is 3. The Morgan fingerprint density at radius 3 is 1.36 bits per heavy atom. The second-order valence-corrected chi connectivity index (χ2v) is 12.7. The average molecular weight is 588 g/mol. The number of nitrogens with zero attached hydrogens (tertiary/aromatic N) is 1. The van der Waals surface area contributed by atoms with Crippen molar-refractivity contribution < 1.29 is 9.53 Å². The van der Waals surface area contributed by atoms with Crippen LogP contribution in [-0.4, -0.2) is 37.6 Å². The molecule has 0 aromatic heterocycles. The predicted molar refractivity (Wildman–Crippen MR) is 187 cm³/mol. The predicted octanol–water partition coefficient (Wildman–Crippen LogP) is 12.2. The Morgan fingerprint density at radius 2 is 0.952 bits per heavy atom. The second kappa shape index (κ2) is 32.6. The molecule has 3 nitrogen and oxygen atoms in total. The summed E-state index contributed by atoms with van der Waals surface area (Å²) in [5, 5.41) is 0. The lowest BCUT2D eigenvalue weighted by Gasteiger charge is -2.27. The van der Waals surface area contributed by atoms with Crippen LogP contribution in [0, 0.1) is 5.92 Å². The summed E-state index contributed by atoms with van der Waals surface area (Å²) >= 11 is 0. The molecular formula is C39H73NO2. The largest absolute Gasteiger partial charge is 0.462 e. The van der Waals surface area contributed by atoms with Crippen LogP contribution in [0.2, 0.25) is 0 Å². The van der Waals surface area contributed by atoms with Gasteiger partial charge in [-0.05, 0) is 136 Å². The highest BCUT2D eigenvalue weighted by atomic mass is 16.5. The normalized spacial score (nSPS) is 13.0. The van der Waals surface area contributed by atoms with Gasteiger partial charge in [0.25, 0.3) is 0 Å². The number of unbranched alkanes of at least 4 members (excludes halogenated alkanes) is 13. The molecule has 3 heteroatoms. The highest BCUT2D eigenvalue weighted by molar-refractivity contribution is 5.69. The van der Waals surface area contributed by atoms with Crippen LogP contribution in [0.3, 0.4) is 0 Å². The summed E-state index contributed by atoms with van der Waals surface area (Å²) in [5.74, 6) is 0.483. The standard InChI is InChI=1S/C39H73NO2/c1-6-9-12-15-18-21-24-27-32-37(33-28-25-22-19-16-13-10-7-2)38(34-29-26-23-20-17-14-11-8-3)42-39(41)35-30-31-36-40(4)5/h18-23,37-38H,6-17,24-36H2,1-5H3/b21-18+,22-19+,23-20+. The van der Waals surface area contributed by atoms with Crippen molar-refractivity contribution >= 4 is 5.97 Å². The van der Waals surface area contributed by atoms with Crippen LogP contribution < -0.4 is 0 Å². The van der Waals surface area contributed by atoms with E-state index >= 15 is 0 Å². The third-order valence-corrected chi connectivity index (χ3v) is 8.22. The van der Waals surface area contributed by atoms with Crippen molar-refractivity contribution in [3.05, 3.63) is 36.5 Å². The van der Waals surface area contributed by atoms with E-state index in [2.05, 4.69) is 76.2 Å². The molecule has 246 valence electrons. The summed E-state index contributed by atoms with van der Waals surface area (Å²) in [6.45, 7) is 7.82. The summed E-state index contributed by atoms with van der Waals surface area (Å²) in [5.41, 5.74) is 0. The molecule has 0 saturated heterocycles. The van der Waals surface area contributed by atoms with Gasteiger partial charge in [-0.15, -0.1) is 0 Å². The monoisotopic (exact) mass is 588 g/mol. The minimum Gasteiger partial charge on any atom is -0.462 e. The number of ether oxygens (including phenoxy) is 1. The van der Waals surface area contributed by atoms with Crippen molar-refractivity contribution in [1.82, 2.24) is 4.90 Å². The van der Waals surface area contributed by atoms with Crippen LogP contribution in [0.5, 0.6) is 0 Å². The molecule has 0 bridgehead atoms. The summed E-state index contributed by atoms with van der Waals surface area (Å²) in [6.07, 6.45) is 42.4. The molecule has 0 aliphatic rings. The Balaban J connectivity index is 5.13. The first-order chi connectivity index (χ1) is 20.5. The molecule has 0 radical (unpaired) electrons. The third-order valence-electron chi connectivity index (χ3n) is 8.22. The van der Waals surface area contributed by atoms with E-state index < -0.39 is 0 Å². The summed E-state index contributed by atoms with van der Waals surface area (Å²) < 4.78 is 6.31. The Labute approximate surface area is 264 Å². The van der Waals surface area contributed by atoms with Gasteiger partial charge in [0.1, 0.15) is 6.10 Å². The molecule has 0 aliphatic carbocycles. The number of allylic oxidation sites excluding steroid dienone is 6. The lowest BCUT2D eigenvalue weighted by Crippen LogP contribution is -2.27. The highest BCUT2D eigenvalue weighted by Gasteiger charge is 2.24. The van der Waals surface area contributed by atoms with Crippen LogP contribution >= 0.6 is 0 Å². The van der Waals surface area contributed by atoms with E-state index in [-0.39, 0.29) is 12.1 Å². The molecule has 0 amide bonds. The number of carbonyl (C=O) groups is 1. The van der Waals surface area contributed by atoms with Gasteiger partial charge in [-0.3, -0.25) is 4.79 Å². The molecule has 42 heavy (non-hydrogen) atoms. The number of rotatable bonds is 31. The number of hydrogen-bond donors (Lipinski definition) is 0. The molecule has 0 aromatic carbocycles. The van der Waals surface area contributed by atoms with Gasteiger partial charge in [0.15, 0.2) is 0 Å². The van der Waals surface area contributed by atoms with Gasteiger partial charge in [-0.25, -0.2) is 0 Å². The Kier molecular flexibility index (Phi) is 31.5. The maximum Gasteiger partial charge on any atom is 0.306 e. The molecule has 0 rings (SSSR count). The van der Waals surface area contributed by atoms with Gasteiger partial charge >= 0.3 is 5.97 Å². The molecule has 1 unspecified atom stereocenters. The van der Waals surface area contributed by atoms with Gasteiger partial charge in [-0.1, -0.05) is 95.8 Å². The molecule has 0 aromatic rings. The SMILES string of the molecule is CCCCC/C=C/CCCC(CCC/C=C/CCCCC)C(CCC/C=C/CCCCC)OC(=O)CCCCN(C)C. The zero-order valence-corrected chi connectivity index (χ0v) is 29.1. The van der Waals surface area contributed by atoms with Crippen LogP contribution in [0.15, 0.2) is 36.5 Å². The summed E-state index contributed by atoms with van der Waals surface area (Å²) in [6, 6.07) is 0. The van der Waals surface area contributed by atoms with Crippen LogP contribution in [0.1, 0.15) is 175 Å². The van der Waals surface area contributed by atoms with Gasteiger partial charge in [0.2, 0.25) is 0 Å². The molecule has 0 N–H and O–H groups in total. The fourth-order valence-corrected chi connectivity index (χ4v) is 5.51. The van der Waals surface area contributed by atoms with E-state index in [4.69, 9.17) is 4.74 Å². The minimum absolute atomic E-state index is 0.0190. The van der Waals surface area contributed by atoms with Gasteiger partial charge in [-0.2, -0.15) is 0 Å². The van der Waals surface area contributed by atoms with E-state index in [0.29, 0.717) is 12.3 Å². The van der Waals surface area contributed by atoms with Crippen molar-refractivity contribution in [1.29, 1.82) is 0 Å². The third kappa shape index (κ3) is 28.8. The lowest BCUT2D eigenvalue weighted by atomic mass is 9.87. The van der Waals surface area contributed by atoms with E-state index in [9.17, 15) is 4.79 Å². The molecule has 0 saturated carbocycles. The number of carbonyl (C=O) groups excluding carboxylic acids is 1. The van der Waals surface area contributed by atoms with E-state index in [1.807, 2.05) is 0 Å². The molecular weight excluding hydrogens is 514 g/mol. The van der Waals surface area contributed by atoms with E-state index in [1.54, 1.807) is 0 Å². The van der Waals surface area contributed by atoms with Gasteiger partial charge < -0.3 is 9.64 Å². The topological polar surface area (TPSA) is 29.5 Å². The van der Waals surface area contributed by atoms with E-state index in [0.717, 1.165) is 64.3 Å². The van der Waals surface area contributed by atoms with Crippen molar-refractivity contribution in [3.63, 3.8) is 0 Å². The van der Waals surface area contributed by atoms with Crippen LogP contribution in [0.4, 0.5) is 0 Å². The Hall–Kier alpha value is -1.35. The Morgan fingerprint density at radius 1 is 0.548 bits per heavy atom. The van der Waals surface area contributed by atoms with Crippen molar-refractivity contribution in [2.45, 2.75) is 181 Å². The fourth-order valence-electron chi connectivity index (χ4n) is 5.51. The highest BCUT2D eigenvalue weighted by Crippen LogP contribution is 2.27. The zero-order chi connectivity index (χ0) is 30.9. The first-order valence-electron chi connectivity index (χ1n) is 18.3. The minimum atomic E-state index is 0.0190. The maximum atomic E-state index is 13.0. The van der Waals surface area contributed by atoms with Crippen molar-refractivity contribution in [2.75, 3.05) is 20.6 Å². The molecule has 0 fully saturated rings. The lowest BCUT2D eigenvalue weighted by molar-refractivity contribution is -0.153. The molecule has 1 atom stereocenters. The summed E-state index contributed by atoms with van der Waals surface area (Å²) in [7, 11) is 4.19.